The molecular formula is C13H16BrNO3. The summed E-state index contributed by atoms with van der Waals surface area (Å²) in [5, 5.41) is 8.85. The minimum absolute atomic E-state index is 0.444. The van der Waals surface area contributed by atoms with Crippen molar-refractivity contribution in [2.24, 2.45) is 5.92 Å². The molecule has 0 radical (unpaired) electrons. The lowest BCUT2D eigenvalue weighted by atomic mass is 9.98. The van der Waals surface area contributed by atoms with Gasteiger partial charge in [-0.25, -0.2) is 4.79 Å². The predicted molar refractivity (Wildman–Crippen MR) is 72.0 cm³/mol. The van der Waals surface area contributed by atoms with Crippen LogP contribution in [0.3, 0.4) is 0 Å². The van der Waals surface area contributed by atoms with Crippen LogP contribution >= 0.6 is 15.9 Å². The van der Waals surface area contributed by atoms with Gasteiger partial charge in [0.15, 0.2) is 0 Å². The van der Waals surface area contributed by atoms with E-state index >= 15 is 0 Å². The van der Waals surface area contributed by atoms with E-state index in [1.807, 2.05) is 24.3 Å². The zero-order valence-corrected chi connectivity index (χ0v) is 11.6. The Labute approximate surface area is 115 Å². The SMILES string of the molecule is O=C(O)N1CCC(COc2cccc(Br)c2)CC1. The first-order valence-corrected chi connectivity index (χ1v) is 6.80. The first-order chi connectivity index (χ1) is 8.65. The van der Waals surface area contributed by atoms with Gasteiger partial charge in [0.05, 0.1) is 6.61 Å². The number of halogens is 1. The zero-order valence-electron chi connectivity index (χ0n) is 10.0. The summed E-state index contributed by atoms with van der Waals surface area (Å²) >= 11 is 3.40. The highest BCUT2D eigenvalue weighted by Crippen LogP contribution is 2.21. The Morgan fingerprint density at radius 3 is 2.78 bits per heavy atom. The number of carbonyl (C=O) groups is 1. The predicted octanol–water partition coefficient (Wildman–Crippen LogP) is 3.22. The lowest BCUT2D eigenvalue weighted by Gasteiger charge is -2.29. The van der Waals surface area contributed by atoms with Gasteiger partial charge in [0.1, 0.15) is 5.75 Å². The Balaban J connectivity index is 1.77. The lowest BCUT2D eigenvalue weighted by Crippen LogP contribution is -2.38. The number of benzene rings is 1. The number of amides is 1. The number of nitrogens with zero attached hydrogens (tertiary/aromatic N) is 1. The Morgan fingerprint density at radius 2 is 2.17 bits per heavy atom. The van der Waals surface area contributed by atoms with Gasteiger partial charge in [-0.1, -0.05) is 22.0 Å². The van der Waals surface area contributed by atoms with E-state index in [-0.39, 0.29) is 0 Å². The Bertz CT molecular complexity index is 416. The molecule has 1 amide bonds. The molecule has 1 aromatic carbocycles. The molecule has 1 aromatic rings. The summed E-state index contributed by atoms with van der Waals surface area (Å²) in [4.78, 5) is 12.2. The molecule has 1 heterocycles. The van der Waals surface area contributed by atoms with E-state index in [1.165, 1.54) is 4.90 Å². The van der Waals surface area contributed by atoms with Gasteiger partial charge < -0.3 is 14.7 Å². The Kier molecular flexibility index (Phi) is 4.47. The summed E-state index contributed by atoms with van der Waals surface area (Å²) in [5.41, 5.74) is 0. The van der Waals surface area contributed by atoms with Crippen molar-refractivity contribution in [3.63, 3.8) is 0 Å². The summed E-state index contributed by atoms with van der Waals surface area (Å²) in [7, 11) is 0. The molecule has 0 aliphatic carbocycles. The number of likely N-dealkylation sites (tertiary alicyclic amines) is 1. The Hall–Kier alpha value is -1.23. The molecule has 0 aromatic heterocycles. The third-order valence-corrected chi connectivity index (χ3v) is 3.66. The first-order valence-electron chi connectivity index (χ1n) is 6.01. The van der Waals surface area contributed by atoms with E-state index in [0.717, 1.165) is 23.1 Å². The van der Waals surface area contributed by atoms with Crippen molar-refractivity contribution in [2.45, 2.75) is 12.8 Å². The fraction of sp³-hybridized carbons (Fsp3) is 0.462. The fourth-order valence-electron chi connectivity index (χ4n) is 2.06. The maximum atomic E-state index is 10.8. The lowest BCUT2D eigenvalue weighted by molar-refractivity contribution is 0.111. The normalized spacial score (nSPS) is 16.6. The van der Waals surface area contributed by atoms with Gasteiger partial charge >= 0.3 is 6.09 Å². The summed E-state index contributed by atoms with van der Waals surface area (Å²) in [5.74, 6) is 1.30. The second kappa shape index (κ2) is 6.09. The molecule has 5 heteroatoms. The van der Waals surface area contributed by atoms with E-state index in [1.54, 1.807) is 0 Å². The van der Waals surface area contributed by atoms with E-state index in [4.69, 9.17) is 9.84 Å². The van der Waals surface area contributed by atoms with Gasteiger partial charge in [-0.3, -0.25) is 0 Å². The van der Waals surface area contributed by atoms with Crippen molar-refractivity contribution >= 4 is 22.0 Å². The molecule has 0 atom stereocenters. The van der Waals surface area contributed by atoms with Gasteiger partial charge in [-0.2, -0.15) is 0 Å². The molecule has 0 spiro atoms. The number of ether oxygens (including phenoxy) is 1. The smallest absolute Gasteiger partial charge is 0.407 e. The molecule has 1 aliphatic rings. The second-order valence-corrected chi connectivity index (χ2v) is 5.40. The number of carboxylic acid groups (broad SMARTS) is 1. The van der Waals surface area contributed by atoms with Crippen molar-refractivity contribution < 1.29 is 14.6 Å². The van der Waals surface area contributed by atoms with Crippen LogP contribution in [0.1, 0.15) is 12.8 Å². The van der Waals surface area contributed by atoms with Crippen LogP contribution in [0, 0.1) is 5.92 Å². The van der Waals surface area contributed by atoms with E-state index in [2.05, 4.69) is 15.9 Å². The summed E-state index contributed by atoms with van der Waals surface area (Å²) in [6.07, 6.45) is 0.932. The standard InChI is InChI=1S/C13H16BrNO3/c14-11-2-1-3-12(8-11)18-9-10-4-6-15(7-5-10)13(16)17/h1-3,8,10H,4-7,9H2,(H,16,17). The van der Waals surface area contributed by atoms with Crippen LogP contribution in [0.4, 0.5) is 4.79 Å². The molecule has 0 bridgehead atoms. The van der Waals surface area contributed by atoms with Gasteiger partial charge in [-0.05, 0) is 37.0 Å². The van der Waals surface area contributed by atoms with Crippen LogP contribution in [0.5, 0.6) is 5.75 Å². The third-order valence-electron chi connectivity index (χ3n) is 3.17. The van der Waals surface area contributed by atoms with Crippen LogP contribution in [0.25, 0.3) is 0 Å². The van der Waals surface area contributed by atoms with E-state index in [0.29, 0.717) is 25.6 Å². The van der Waals surface area contributed by atoms with Crippen LogP contribution < -0.4 is 4.74 Å². The van der Waals surface area contributed by atoms with E-state index in [9.17, 15) is 4.79 Å². The highest BCUT2D eigenvalue weighted by Gasteiger charge is 2.22. The number of rotatable bonds is 3. The van der Waals surface area contributed by atoms with Gasteiger partial charge in [0, 0.05) is 17.6 Å². The molecule has 2 rings (SSSR count). The minimum atomic E-state index is -0.818. The van der Waals surface area contributed by atoms with Crippen LogP contribution in [-0.4, -0.2) is 35.8 Å². The fourth-order valence-corrected chi connectivity index (χ4v) is 2.44. The van der Waals surface area contributed by atoms with Crippen molar-refractivity contribution in [2.75, 3.05) is 19.7 Å². The van der Waals surface area contributed by atoms with Crippen molar-refractivity contribution in [1.82, 2.24) is 4.90 Å². The van der Waals surface area contributed by atoms with Gasteiger partial charge in [0.2, 0.25) is 0 Å². The zero-order chi connectivity index (χ0) is 13.0. The Morgan fingerprint density at radius 1 is 1.44 bits per heavy atom. The maximum Gasteiger partial charge on any atom is 0.407 e. The highest BCUT2D eigenvalue weighted by molar-refractivity contribution is 9.10. The van der Waals surface area contributed by atoms with Gasteiger partial charge in [0.25, 0.3) is 0 Å². The van der Waals surface area contributed by atoms with Crippen LogP contribution in [0.15, 0.2) is 28.7 Å². The van der Waals surface area contributed by atoms with E-state index < -0.39 is 6.09 Å². The quantitative estimate of drug-likeness (QED) is 0.932. The topological polar surface area (TPSA) is 49.8 Å². The molecule has 1 fully saturated rings. The third kappa shape index (κ3) is 3.63. The number of piperidine rings is 1. The molecular weight excluding hydrogens is 298 g/mol. The van der Waals surface area contributed by atoms with Crippen molar-refractivity contribution in [3.8, 4) is 5.75 Å². The monoisotopic (exact) mass is 313 g/mol. The number of hydrogen-bond donors (Lipinski definition) is 1. The number of hydrogen-bond acceptors (Lipinski definition) is 2. The summed E-state index contributed by atoms with van der Waals surface area (Å²) in [6, 6.07) is 7.76. The minimum Gasteiger partial charge on any atom is -0.493 e. The molecule has 1 N–H and O–H groups in total. The average molecular weight is 314 g/mol. The molecule has 98 valence electrons. The van der Waals surface area contributed by atoms with Gasteiger partial charge in [-0.15, -0.1) is 0 Å². The largest absolute Gasteiger partial charge is 0.493 e. The highest BCUT2D eigenvalue weighted by atomic mass is 79.9. The van der Waals surface area contributed by atoms with Crippen LogP contribution in [0.2, 0.25) is 0 Å². The molecule has 4 nitrogen and oxygen atoms in total. The molecule has 1 aliphatic heterocycles. The maximum absolute atomic E-state index is 10.8. The van der Waals surface area contributed by atoms with Crippen LogP contribution in [-0.2, 0) is 0 Å². The molecule has 1 saturated heterocycles. The summed E-state index contributed by atoms with van der Waals surface area (Å²) in [6.45, 7) is 1.88. The first kappa shape index (κ1) is 13.2. The molecule has 18 heavy (non-hydrogen) atoms. The average Bonchev–Trinajstić information content (AvgIpc) is 2.37. The van der Waals surface area contributed by atoms with Crippen molar-refractivity contribution in [3.05, 3.63) is 28.7 Å². The molecule has 0 unspecified atom stereocenters. The second-order valence-electron chi connectivity index (χ2n) is 4.48. The van der Waals surface area contributed by atoms with Crippen molar-refractivity contribution in [1.29, 1.82) is 0 Å². The molecule has 0 saturated carbocycles. The summed E-state index contributed by atoms with van der Waals surface area (Å²) < 4.78 is 6.73.